The van der Waals surface area contributed by atoms with Crippen molar-refractivity contribution in [3.63, 3.8) is 0 Å². The number of carbonyl (C=O) groups excluding carboxylic acids is 2. The molecule has 0 aliphatic heterocycles. The van der Waals surface area contributed by atoms with Crippen LogP contribution in [0.15, 0.2) is 122 Å². The summed E-state index contributed by atoms with van der Waals surface area (Å²) in [6.45, 7) is 3.94. The molecule has 0 saturated carbocycles. The normalized spacial score (nSPS) is 13.0. The summed E-state index contributed by atoms with van der Waals surface area (Å²) in [5.74, 6) is -0.583. The maximum Gasteiger partial charge on any atom is 0.306 e. The largest absolute Gasteiger partial charge is 0.462 e. The number of esters is 2. The van der Waals surface area contributed by atoms with Crippen LogP contribution in [0.2, 0.25) is 0 Å². The summed E-state index contributed by atoms with van der Waals surface area (Å²) in [5, 5.41) is 9.71. The second-order valence-corrected chi connectivity index (χ2v) is 23.2. The first-order valence-corrected chi connectivity index (χ1v) is 35.1. The van der Waals surface area contributed by atoms with E-state index in [4.69, 9.17) is 9.47 Å². The van der Waals surface area contributed by atoms with Crippen molar-refractivity contribution in [2.24, 2.45) is 0 Å². The molecule has 0 bridgehead atoms. The fourth-order valence-corrected chi connectivity index (χ4v) is 10.1. The molecular weight excluding hydrogens is 1000 g/mol. The topological polar surface area (TPSA) is 72.8 Å². The quantitative estimate of drug-likeness (QED) is 0.0373. The van der Waals surface area contributed by atoms with Crippen molar-refractivity contribution < 1.29 is 24.2 Å². The first-order chi connectivity index (χ1) is 40.6. The van der Waals surface area contributed by atoms with Crippen LogP contribution in [0.1, 0.15) is 335 Å². The molecule has 5 heteroatoms. The van der Waals surface area contributed by atoms with Gasteiger partial charge in [0.1, 0.15) is 6.61 Å². The van der Waals surface area contributed by atoms with E-state index in [2.05, 4.69) is 135 Å². The Morgan fingerprint density at radius 1 is 0.280 bits per heavy atom. The van der Waals surface area contributed by atoms with Gasteiger partial charge in [0.15, 0.2) is 6.10 Å². The molecule has 1 unspecified atom stereocenters. The molecule has 0 aliphatic rings. The average Bonchev–Trinajstić information content (AvgIpc) is 3.49. The van der Waals surface area contributed by atoms with Crippen LogP contribution in [0.25, 0.3) is 0 Å². The predicted molar refractivity (Wildman–Crippen MR) is 362 cm³/mol. The zero-order valence-corrected chi connectivity index (χ0v) is 54.0. The zero-order chi connectivity index (χ0) is 59.1. The van der Waals surface area contributed by atoms with Gasteiger partial charge in [-0.15, -0.1) is 0 Å². The summed E-state index contributed by atoms with van der Waals surface area (Å²) >= 11 is 0. The minimum atomic E-state index is -0.779. The first-order valence-electron chi connectivity index (χ1n) is 35.1. The number of aliphatic hydroxyl groups excluding tert-OH is 1. The smallest absolute Gasteiger partial charge is 0.306 e. The molecule has 0 aliphatic carbocycles. The van der Waals surface area contributed by atoms with Gasteiger partial charge in [-0.1, -0.05) is 341 Å². The molecular formula is C77H132O5. The monoisotopic (exact) mass is 1140 g/mol. The van der Waals surface area contributed by atoms with E-state index in [1.807, 2.05) is 0 Å². The van der Waals surface area contributed by atoms with Gasteiger partial charge in [0.05, 0.1) is 6.61 Å². The van der Waals surface area contributed by atoms with Gasteiger partial charge in [-0.05, 0) is 103 Å². The Morgan fingerprint density at radius 2 is 0.488 bits per heavy atom. The lowest BCUT2D eigenvalue weighted by Crippen LogP contribution is -2.28. The van der Waals surface area contributed by atoms with Gasteiger partial charge in [-0.2, -0.15) is 0 Å². The van der Waals surface area contributed by atoms with Crippen molar-refractivity contribution in [2.75, 3.05) is 13.2 Å². The molecule has 0 radical (unpaired) electrons. The molecule has 0 aromatic carbocycles. The fraction of sp³-hybridized carbons (Fsp3) is 0.714. The fourth-order valence-electron chi connectivity index (χ4n) is 10.1. The van der Waals surface area contributed by atoms with Crippen LogP contribution >= 0.6 is 0 Å². The van der Waals surface area contributed by atoms with Gasteiger partial charge >= 0.3 is 11.9 Å². The van der Waals surface area contributed by atoms with E-state index >= 15 is 0 Å². The number of allylic oxidation sites excluding steroid dienone is 20. The van der Waals surface area contributed by atoms with Crippen molar-refractivity contribution in [3.05, 3.63) is 122 Å². The summed E-state index contributed by atoms with van der Waals surface area (Å²) in [4.78, 5) is 24.7. The van der Waals surface area contributed by atoms with Crippen LogP contribution in [0.3, 0.4) is 0 Å². The average molecular weight is 1140 g/mol. The van der Waals surface area contributed by atoms with Gasteiger partial charge in [-0.25, -0.2) is 0 Å². The minimum Gasteiger partial charge on any atom is -0.462 e. The Labute approximate surface area is 509 Å². The second-order valence-electron chi connectivity index (χ2n) is 23.2. The Bertz CT molecular complexity index is 1620. The summed E-state index contributed by atoms with van der Waals surface area (Å²) in [7, 11) is 0. The molecule has 1 N–H and O–H groups in total. The van der Waals surface area contributed by atoms with Crippen molar-refractivity contribution in [3.8, 4) is 0 Å². The van der Waals surface area contributed by atoms with E-state index in [-0.39, 0.29) is 25.2 Å². The van der Waals surface area contributed by atoms with Gasteiger partial charge < -0.3 is 14.6 Å². The first kappa shape index (κ1) is 78.3. The molecule has 470 valence electrons. The highest BCUT2D eigenvalue weighted by molar-refractivity contribution is 5.70. The van der Waals surface area contributed by atoms with Crippen molar-refractivity contribution in [1.29, 1.82) is 0 Å². The lowest BCUT2D eigenvalue weighted by molar-refractivity contribution is -0.161. The third kappa shape index (κ3) is 68.8. The standard InChI is InChI=1S/C77H132O5/c1-3-5-7-9-11-13-15-17-19-21-23-25-27-29-31-33-35-36-37-38-39-40-42-43-45-47-49-51-53-55-57-59-61-63-65-67-69-71-76(79)81-74-75(73-78)82-77(80)72-70-68-66-64-62-60-58-56-54-52-50-48-46-44-41-34-32-30-28-26-24-22-20-18-16-14-12-10-8-6-4-2/h5-8,11-14,17-20,23-26,30,32,41,44,75,78H,3-4,9-10,15-16,21-22,27-29,31,33-40,42-43,45-74H2,1-2H3/b7-5-,8-6-,13-11-,14-12-,19-17-,20-18-,25-23-,26-24-,32-30-,44-41-. The summed E-state index contributed by atoms with van der Waals surface area (Å²) in [6.07, 6.45) is 105. The van der Waals surface area contributed by atoms with Crippen LogP contribution in [0.5, 0.6) is 0 Å². The Kier molecular flexibility index (Phi) is 68.3. The number of hydrogen-bond donors (Lipinski definition) is 1. The number of ether oxygens (including phenoxy) is 2. The van der Waals surface area contributed by atoms with Crippen molar-refractivity contribution >= 4 is 11.9 Å². The van der Waals surface area contributed by atoms with E-state index in [1.165, 1.54) is 205 Å². The van der Waals surface area contributed by atoms with E-state index in [0.29, 0.717) is 12.8 Å². The SMILES string of the molecule is CC/C=C\C/C=C\C/C=C\C/C=C\C/C=C\C/C=C\CCCCCCCCCCCCCCC(=O)OC(CO)COC(=O)CCCCCCCCCCCCCCCCCCCCCCCCCC/C=C\C/C=C\C/C=C\C/C=C\CC. The van der Waals surface area contributed by atoms with E-state index in [9.17, 15) is 14.7 Å². The molecule has 0 fully saturated rings. The summed E-state index contributed by atoms with van der Waals surface area (Å²) < 4.78 is 10.8. The number of aliphatic hydroxyl groups is 1. The van der Waals surface area contributed by atoms with Crippen LogP contribution in [0.4, 0.5) is 0 Å². The Hall–Kier alpha value is -3.70. The van der Waals surface area contributed by atoms with Gasteiger partial charge in [0.25, 0.3) is 0 Å². The summed E-state index contributed by atoms with van der Waals surface area (Å²) in [6, 6.07) is 0. The zero-order valence-electron chi connectivity index (χ0n) is 54.0. The molecule has 0 spiro atoms. The lowest BCUT2D eigenvalue weighted by atomic mass is 10.0. The molecule has 0 rings (SSSR count). The van der Waals surface area contributed by atoms with Gasteiger partial charge in [0.2, 0.25) is 0 Å². The molecule has 0 heterocycles. The molecule has 0 aromatic rings. The molecule has 82 heavy (non-hydrogen) atoms. The molecule has 5 nitrogen and oxygen atoms in total. The molecule has 0 aromatic heterocycles. The van der Waals surface area contributed by atoms with Crippen molar-refractivity contribution in [1.82, 2.24) is 0 Å². The van der Waals surface area contributed by atoms with Gasteiger partial charge in [-0.3, -0.25) is 9.59 Å². The number of carbonyl (C=O) groups is 2. The summed E-state index contributed by atoms with van der Waals surface area (Å²) in [5.41, 5.74) is 0. The van der Waals surface area contributed by atoms with E-state index in [1.54, 1.807) is 0 Å². The third-order valence-electron chi connectivity index (χ3n) is 15.3. The molecule has 1 atom stereocenters. The van der Waals surface area contributed by atoms with Crippen LogP contribution in [0, 0.1) is 0 Å². The Balaban J connectivity index is 3.44. The van der Waals surface area contributed by atoms with Crippen molar-refractivity contribution in [2.45, 2.75) is 341 Å². The Morgan fingerprint density at radius 3 is 0.732 bits per heavy atom. The minimum absolute atomic E-state index is 0.0677. The van der Waals surface area contributed by atoms with E-state index in [0.717, 1.165) is 103 Å². The highest BCUT2D eigenvalue weighted by Gasteiger charge is 2.16. The van der Waals surface area contributed by atoms with Crippen LogP contribution < -0.4 is 0 Å². The van der Waals surface area contributed by atoms with E-state index < -0.39 is 6.10 Å². The maximum atomic E-state index is 12.4. The highest BCUT2D eigenvalue weighted by atomic mass is 16.6. The number of rotatable bonds is 64. The van der Waals surface area contributed by atoms with Crippen LogP contribution in [-0.2, 0) is 19.1 Å². The highest BCUT2D eigenvalue weighted by Crippen LogP contribution is 2.18. The third-order valence-corrected chi connectivity index (χ3v) is 15.3. The lowest BCUT2D eigenvalue weighted by Gasteiger charge is -2.15. The predicted octanol–water partition coefficient (Wildman–Crippen LogP) is 24.5. The van der Waals surface area contributed by atoms with Crippen LogP contribution in [-0.4, -0.2) is 36.4 Å². The number of hydrogen-bond acceptors (Lipinski definition) is 5. The van der Waals surface area contributed by atoms with Gasteiger partial charge in [0, 0.05) is 12.8 Å². The maximum absolute atomic E-state index is 12.4. The molecule has 0 saturated heterocycles. The second kappa shape index (κ2) is 71.6. The molecule has 0 amide bonds. The number of unbranched alkanes of at least 4 members (excludes halogenated alkanes) is 36.